The van der Waals surface area contributed by atoms with E-state index in [1.54, 1.807) is 0 Å². The van der Waals surface area contributed by atoms with Gasteiger partial charge < -0.3 is 5.32 Å². The van der Waals surface area contributed by atoms with E-state index in [4.69, 9.17) is 0 Å². The predicted molar refractivity (Wildman–Crippen MR) is 105 cm³/mol. The van der Waals surface area contributed by atoms with Gasteiger partial charge in [0.15, 0.2) is 5.13 Å². The summed E-state index contributed by atoms with van der Waals surface area (Å²) < 4.78 is 2.14. The molecule has 24 heavy (non-hydrogen) atoms. The molecule has 0 aliphatic heterocycles. The second kappa shape index (κ2) is 7.90. The van der Waals surface area contributed by atoms with Gasteiger partial charge >= 0.3 is 0 Å². The number of aromatic nitrogens is 1. The van der Waals surface area contributed by atoms with Gasteiger partial charge in [0.1, 0.15) is 0 Å². The average Bonchev–Trinajstić information content (AvgIpc) is 2.96. The summed E-state index contributed by atoms with van der Waals surface area (Å²) in [7, 11) is 0. The van der Waals surface area contributed by atoms with E-state index in [-0.39, 0.29) is 5.91 Å². The molecule has 0 bridgehead atoms. The molecule has 0 aliphatic rings. The molecular formula is C19H19BrN2OS. The molecule has 3 aromatic rings. The second-order valence-corrected chi connectivity index (χ2v) is 7.72. The van der Waals surface area contributed by atoms with Gasteiger partial charge in [-0.15, -0.1) is 0 Å². The summed E-state index contributed by atoms with van der Waals surface area (Å²) in [5.41, 5.74) is 3.26. The zero-order chi connectivity index (χ0) is 16.9. The van der Waals surface area contributed by atoms with Gasteiger partial charge in [-0.1, -0.05) is 58.8 Å². The molecule has 0 saturated carbocycles. The van der Waals surface area contributed by atoms with Crippen molar-refractivity contribution in [1.29, 1.82) is 0 Å². The molecule has 0 radical (unpaired) electrons. The molecule has 0 unspecified atom stereocenters. The Balaban J connectivity index is 1.68. The highest BCUT2D eigenvalue weighted by molar-refractivity contribution is 9.10. The minimum absolute atomic E-state index is 0.0393. The van der Waals surface area contributed by atoms with Crippen LogP contribution in [-0.4, -0.2) is 10.9 Å². The maximum atomic E-state index is 12.2. The highest BCUT2D eigenvalue weighted by atomic mass is 79.9. The molecule has 1 N–H and O–H groups in total. The number of aryl methyl sites for hydroxylation is 1. The fraction of sp³-hybridized carbons (Fsp3) is 0.263. The first kappa shape index (κ1) is 17.1. The lowest BCUT2D eigenvalue weighted by molar-refractivity contribution is -0.115. The monoisotopic (exact) mass is 402 g/mol. The van der Waals surface area contributed by atoms with Crippen LogP contribution in [0.2, 0.25) is 0 Å². The quantitative estimate of drug-likeness (QED) is 0.584. The van der Waals surface area contributed by atoms with Gasteiger partial charge in [-0.25, -0.2) is 4.98 Å². The lowest BCUT2D eigenvalue weighted by atomic mass is 10.1. The SMILES string of the molecule is CCCCc1ccc2nc(NC(=O)Cc3ccc(Br)cc3)sc2c1. The number of unbranched alkanes of at least 4 members (excludes halogenated alkanes) is 1. The van der Waals surface area contributed by atoms with Crippen molar-refractivity contribution in [3.05, 3.63) is 58.1 Å². The van der Waals surface area contributed by atoms with Crippen LogP contribution in [-0.2, 0) is 17.6 Å². The van der Waals surface area contributed by atoms with Gasteiger partial charge in [-0.05, 0) is 48.2 Å². The standard InChI is InChI=1S/C19H19BrN2OS/c1-2-3-4-13-7-10-16-17(11-13)24-19(21-16)22-18(23)12-14-5-8-15(20)9-6-14/h5-11H,2-4,12H2,1H3,(H,21,22,23). The predicted octanol–water partition coefficient (Wildman–Crippen LogP) is 5.58. The molecule has 0 fully saturated rings. The van der Waals surface area contributed by atoms with Crippen LogP contribution in [0.25, 0.3) is 10.2 Å². The van der Waals surface area contributed by atoms with Crippen LogP contribution in [0.5, 0.6) is 0 Å². The number of rotatable bonds is 6. The van der Waals surface area contributed by atoms with Crippen molar-refractivity contribution in [3.8, 4) is 0 Å². The van der Waals surface area contributed by atoms with Crippen molar-refractivity contribution < 1.29 is 4.79 Å². The smallest absolute Gasteiger partial charge is 0.230 e. The van der Waals surface area contributed by atoms with Crippen molar-refractivity contribution in [2.24, 2.45) is 0 Å². The number of fused-ring (bicyclic) bond motifs is 1. The van der Waals surface area contributed by atoms with E-state index < -0.39 is 0 Å². The van der Waals surface area contributed by atoms with Gasteiger partial charge in [-0.3, -0.25) is 4.79 Å². The summed E-state index contributed by atoms with van der Waals surface area (Å²) in [6.45, 7) is 2.20. The lowest BCUT2D eigenvalue weighted by Gasteiger charge is -2.02. The fourth-order valence-corrected chi connectivity index (χ4v) is 3.72. The Morgan fingerprint density at radius 3 is 2.67 bits per heavy atom. The second-order valence-electron chi connectivity index (χ2n) is 5.78. The molecule has 1 aromatic heterocycles. The summed E-state index contributed by atoms with van der Waals surface area (Å²) in [5, 5.41) is 3.58. The Kier molecular flexibility index (Phi) is 5.63. The number of amides is 1. The molecule has 5 heteroatoms. The molecule has 0 saturated heterocycles. The first-order valence-electron chi connectivity index (χ1n) is 8.08. The van der Waals surface area contributed by atoms with Crippen LogP contribution in [0.4, 0.5) is 5.13 Å². The first-order chi connectivity index (χ1) is 11.6. The molecule has 124 valence electrons. The van der Waals surface area contributed by atoms with Crippen molar-refractivity contribution in [2.75, 3.05) is 5.32 Å². The van der Waals surface area contributed by atoms with Crippen LogP contribution in [0.3, 0.4) is 0 Å². The van der Waals surface area contributed by atoms with Crippen LogP contribution in [0.15, 0.2) is 46.9 Å². The third-order valence-corrected chi connectivity index (χ3v) is 5.26. The van der Waals surface area contributed by atoms with Gasteiger partial charge in [0.05, 0.1) is 16.6 Å². The van der Waals surface area contributed by atoms with Crippen LogP contribution in [0.1, 0.15) is 30.9 Å². The third kappa shape index (κ3) is 4.42. The van der Waals surface area contributed by atoms with E-state index in [0.717, 1.165) is 26.7 Å². The molecule has 0 aliphatic carbocycles. The summed E-state index contributed by atoms with van der Waals surface area (Å²) in [5.74, 6) is -0.0393. The Labute approximate surface area is 154 Å². The van der Waals surface area contributed by atoms with Gasteiger partial charge in [0.2, 0.25) is 5.91 Å². The van der Waals surface area contributed by atoms with E-state index in [1.165, 1.54) is 29.7 Å². The molecular weight excluding hydrogens is 384 g/mol. The molecule has 1 heterocycles. The topological polar surface area (TPSA) is 42.0 Å². The summed E-state index contributed by atoms with van der Waals surface area (Å²) >= 11 is 4.93. The molecule has 3 rings (SSSR count). The molecule has 3 nitrogen and oxygen atoms in total. The number of carbonyl (C=O) groups is 1. The van der Waals surface area contributed by atoms with Crippen LogP contribution in [0, 0.1) is 0 Å². The van der Waals surface area contributed by atoms with Gasteiger partial charge in [0, 0.05) is 4.47 Å². The minimum Gasteiger partial charge on any atom is -0.302 e. The van der Waals surface area contributed by atoms with E-state index in [0.29, 0.717) is 11.6 Å². The fourth-order valence-electron chi connectivity index (χ4n) is 2.51. The number of halogens is 1. The maximum Gasteiger partial charge on any atom is 0.230 e. The zero-order valence-electron chi connectivity index (χ0n) is 13.5. The van der Waals surface area contributed by atoms with Crippen molar-refractivity contribution in [2.45, 2.75) is 32.6 Å². The number of hydrogen-bond donors (Lipinski definition) is 1. The number of thiazole rings is 1. The third-order valence-electron chi connectivity index (χ3n) is 3.80. The first-order valence-corrected chi connectivity index (χ1v) is 9.69. The Hall–Kier alpha value is -1.72. The number of nitrogens with zero attached hydrogens (tertiary/aromatic N) is 1. The molecule has 1 amide bonds. The molecule has 0 atom stereocenters. The average molecular weight is 403 g/mol. The largest absolute Gasteiger partial charge is 0.302 e. The van der Waals surface area contributed by atoms with E-state index in [2.05, 4.69) is 45.3 Å². The Bertz CT molecular complexity index is 842. The number of hydrogen-bond acceptors (Lipinski definition) is 3. The summed E-state index contributed by atoms with van der Waals surface area (Å²) in [4.78, 5) is 16.7. The van der Waals surface area contributed by atoms with Crippen LogP contribution >= 0.6 is 27.3 Å². The van der Waals surface area contributed by atoms with Crippen LogP contribution < -0.4 is 5.32 Å². The van der Waals surface area contributed by atoms with Gasteiger partial charge in [-0.2, -0.15) is 0 Å². The van der Waals surface area contributed by atoms with Crippen molar-refractivity contribution >= 4 is 48.5 Å². The highest BCUT2D eigenvalue weighted by Crippen LogP contribution is 2.27. The summed E-state index contributed by atoms with van der Waals surface area (Å²) in [6, 6.07) is 14.1. The summed E-state index contributed by atoms with van der Waals surface area (Å²) in [6.07, 6.45) is 3.83. The normalized spacial score (nSPS) is 10.9. The lowest BCUT2D eigenvalue weighted by Crippen LogP contribution is -2.14. The Morgan fingerprint density at radius 2 is 1.92 bits per heavy atom. The van der Waals surface area contributed by atoms with E-state index in [1.807, 2.05) is 30.3 Å². The molecule has 2 aromatic carbocycles. The van der Waals surface area contributed by atoms with Crippen molar-refractivity contribution in [3.63, 3.8) is 0 Å². The van der Waals surface area contributed by atoms with Crippen molar-refractivity contribution in [1.82, 2.24) is 4.98 Å². The maximum absolute atomic E-state index is 12.2. The van der Waals surface area contributed by atoms with Gasteiger partial charge in [0.25, 0.3) is 0 Å². The number of anilines is 1. The van der Waals surface area contributed by atoms with E-state index in [9.17, 15) is 4.79 Å². The zero-order valence-corrected chi connectivity index (χ0v) is 15.9. The minimum atomic E-state index is -0.0393. The van der Waals surface area contributed by atoms with E-state index >= 15 is 0 Å². The molecule has 0 spiro atoms. The highest BCUT2D eigenvalue weighted by Gasteiger charge is 2.09. The number of nitrogens with one attached hydrogen (secondary N) is 1. The Morgan fingerprint density at radius 1 is 1.17 bits per heavy atom. The number of benzene rings is 2. The number of carbonyl (C=O) groups excluding carboxylic acids is 1.